The van der Waals surface area contributed by atoms with Crippen LogP contribution in [0.1, 0.15) is 18.2 Å². The van der Waals surface area contributed by atoms with E-state index >= 15 is 0 Å². The van der Waals surface area contributed by atoms with Gasteiger partial charge in [0.1, 0.15) is 12.3 Å². The van der Waals surface area contributed by atoms with Crippen LogP contribution in [0.4, 0.5) is 5.69 Å². The number of nitrogens with one attached hydrogen (secondary N) is 1. The molecule has 3 heterocycles. The normalized spacial score (nSPS) is 14.4. The maximum atomic E-state index is 12.7. The van der Waals surface area contributed by atoms with E-state index in [1.807, 2.05) is 41.3 Å². The number of tetrazole rings is 1. The van der Waals surface area contributed by atoms with Crippen LogP contribution >= 0.6 is 11.8 Å². The van der Waals surface area contributed by atoms with Crippen LogP contribution in [0.15, 0.2) is 52.2 Å². The zero-order valence-corrected chi connectivity index (χ0v) is 19.3. The average Bonchev–Trinajstić information content (AvgIpc) is 3.51. The average molecular weight is 470 g/mol. The number of furan rings is 1. The van der Waals surface area contributed by atoms with Crippen molar-refractivity contribution in [3.63, 3.8) is 0 Å². The smallest absolute Gasteiger partial charge is 0.238 e. The van der Waals surface area contributed by atoms with Crippen molar-refractivity contribution in [3.8, 4) is 0 Å². The van der Waals surface area contributed by atoms with Crippen LogP contribution in [-0.4, -0.2) is 80.3 Å². The molecule has 33 heavy (non-hydrogen) atoms. The second-order valence-corrected chi connectivity index (χ2v) is 8.65. The largest absolute Gasteiger partial charge is 0.467 e. The fourth-order valence-corrected chi connectivity index (χ4v) is 4.45. The van der Waals surface area contributed by atoms with Gasteiger partial charge in [-0.05, 0) is 40.6 Å². The number of aromatic nitrogens is 4. The Labute approximate surface area is 196 Å². The molecule has 0 bridgehead atoms. The highest BCUT2D eigenvalue weighted by molar-refractivity contribution is 7.99. The minimum atomic E-state index is -0.0328. The third-order valence-electron chi connectivity index (χ3n) is 5.47. The summed E-state index contributed by atoms with van der Waals surface area (Å²) in [6.45, 7) is 5.31. The minimum Gasteiger partial charge on any atom is -0.467 e. The predicted octanol–water partition coefficient (Wildman–Crippen LogP) is 1.75. The fourth-order valence-electron chi connectivity index (χ4n) is 3.67. The van der Waals surface area contributed by atoms with Crippen LogP contribution in [0.5, 0.6) is 0 Å². The SMILES string of the molecule is CCc1ccccc1NC(=O)CN1CCN(C(=O)CSc2nnnn2Cc2ccco2)CC1. The van der Waals surface area contributed by atoms with Crippen molar-refractivity contribution in [2.24, 2.45) is 0 Å². The van der Waals surface area contributed by atoms with Gasteiger partial charge in [0, 0.05) is 31.9 Å². The molecule has 0 aliphatic carbocycles. The van der Waals surface area contributed by atoms with Gasteiger partial charge in [0.15, 0.2) is 0 Å². The number of piperazine rings is 1. The van der Waals surface area contributed by atoms with Crippen molar-refractivity contribution in [1.29, 1.82) is 0 Å². The minimum absolute atomic E-state index is 0.0328. The highest BCUT2D eigenvalue weighted by Gasteiger charge is 2.23. The maximum Gasteiger partial charge on any atom is 0.238 e. The first kappa shape index (κ1) is 23.0. The first-order valence-corrected chi connectivity index (χ1v) is 11.9. The first-order chi connectivity index (χ1) is 16.1. The number of amides is 2. The summed E-state index contributed by atoms with van der Waals surface area (Å²) < 4.78 is 6.95. The third-order valence-corrected chi connectivity index (χ3v) is 6.42. The van der Waals surface area contributed by atoms with Gasteiger partial charge in [-0.25, -0.2) is 4.68 Å². The first-order valence-electron chi connectivity index (χ1n) is 10.9. The van der Waals surface area contributed by atoms with E-state index in [-0.39, 0.29) is 17.6 Å². The molecule has 3 aromatic rings. The van der Waals surface area contributed by atoms with Crippen LogP contribution in [0.2, 0.25) is 0 Å². The molecule has 10 nitrogen and oxygen atoms in total. The summed E-state index contributed by atoms with van der Waals surface area (Å²) in [5, 5.41) is 15.3. The highest BCUT2D eigenvalue weighted by Crippen LogP contribution is 2.17. The number of aryl methyl sites for hydroxylation is 1. The van der Waals surface area contributed by atoms with E-state index < -0.39 is 0 Å². The number of para-hydroxylation sites is 1. The van der Waals surface area contributed by atoms with Gasteiger partial charge in [-0.2, -0.15) is 0 Å². The molecular formula is C22H27N7O3S. The number of thioether (sulfide) groups is 1. The zero-order chi connectivity index (χ0) is 23.0. The predicted molar refractivity (Wildman–Crippen MR) is 124 cm³/mol. The lowest BCUT2D eigenvalue weighted by molar-refractivity contribution is -0.130. The Balaban J connectivity index is 1.20. The molecule has 11 heteroatoms. The van der Waals surface area contributed by atoms with Crippen molar-refractivity contribution in [1.82, 2.24) is 30.0 Å². The second kappa shape index (κ2) is 11.1. The van der Waals surface area contributed by atoms with E-state index in [4.69, 9.17) is 4.42 Å². The monoisotopic (exact) mass is 469 g/mol. The van der Waals surface area contributed by atoms with Crippen LogP contribution in [0, 0.1) is 0 Å². The summed E-state index contributed by atoms with van der Waals surface area (Å²) in [6, 6.07) is 11.5. The Kier molecular flexibility index (Phi) is 7.74. The lowest BCUT2D eigenvalue weighted by Gasteiger charge is -2.34. The van der Waals surface area contributed by atoms with Crippen molar-refractivity contribution in [2.45, 2.75) is 25.0 Å². The number of nitrogens with zero attached hydrogens (tertiary/aromatic N) is 6. The molecular weight excluding hydrogens is 442 g/mol. The van der Waals surface area contributed by atoms with E-state index in [9.17, 15) is 9.59 Å². The molecule has 1 aliphatic heterocycles. The van der Waals surface area contributed by atoms with Gasteiger partial charge in [-0.1, -0.05) is 36.9 Å². The molecule has 1 N–H and O–H groups in total. The summed E-state index contributed by atoms with van der Waals surface area (Å²) in [6.07, 6.45) is 2.47. The number of carbonyl (C=O) groups is 2. The van der Waals surface area contributed by atoms with Gasteiger partial charge < -0.3 is 14.6 Å². The molecule has 1 aromatic carbocycles. The molecule has 1 fully saturated rings. The lowest BCUT2D eigenvalue weighted by Crippen LogP contribution is -2.50. The number of hydrogen-bond acceptors (Lipinski definition) is 8. The van der Waals surface area contributed by atoms with Gasteiger partial charge >= 0.3 is 0 Å². The van der Waals surface area contributed by atoms with Crippen LogP contribution in [0.3, 0.4) is 0 Å². The number of benzene rings is 1. The molecule has 0 atom stereocenters. The highest BCUT2D eigenvalue weighted by atomic mass is 32.2. The quantitative estimate of drug-likeness (QED) is 0.472. The van der Waals surface area contributed by atoms with Crippen molar-refractivity contribution < 1.29 is 14.0 Å². The molecule has 1 aliphatic rings. The molecule has 174 valence electrons. The molecule has 4 rings (SSSR count). The maximum absolute atomic E-state index is 12.7. The van der Waals surface area contributed by atoms with Crippen LogP contribution in [0.25, 0.3) is 0 Å². The van der Waals surface area contributed by atoms with Crippen LogP contribution in [-0.2, 0) is 22.6 Å². The number of hydrogen-bond donors (Lipinski definition) is 1. The third kappa shape index (κ3) is 6.20. The van der Waals surface area contributed by atoms with E-state index in [1.165, 1.54) is 11.8 Å². The Hall–Kier alpha value is -3.18. The van der Waals surface area contributed by atoms with Crippen molar-refractivity contribution >= 4 is 29.3 Å². The summed E-state index contributed by atoms with van der Waals surface area (Å²) >= 11 is 1.31. The molecule has 1 saturated heterocycles. The van der Waals surface area contributed by atoms with Gasteiger partial charge in [0.2, 0.25) is 17.0 Å². The van der Waals surface area contributed by atoms with Crippen LogP contribution < -0.4 is 5.32 Å². The van der Waals surface area contributed by atoms with Crippen molar-refractivity contribution in [2.75, 3.05) is 43.8 Å². The topological polar surface area (TPSA) is 109 Å². The Morgan fingerprint density at radius 2 is 1.94 bits per heavy atom. The number of carbonyl (C=O) groups excluding carboxylic acids is 2. The summed E-state index contributed by atoms with van der Waals surface area (Å²) in [5.41, 5.74) is 1.99. The molecule has 0 radical (unpaired) electrons. The molecule has 2 aromatic heterocycles. The van der Waals surface area contributed by atoms with E-state index in [0.717, 1.165) is 23.4 Å². The number of anilines is 1. The second-order valence-electron chi connectivity index (χ2n) is 7.70. The van der Waals surface area contributed by atoms with E-state index in [0.29, 0.717) is 44.4 Å². The van der Waals surface area contributed by atoms with Gasteiger partial charge in [-0.15, -0.1) is 5.10 Å². The summed E-state index contributed by atoms with van der Waals surface area (Å²) in [4.78, 5) is 29.1. The van der Waals surface area contributed by atoms with Gasteiger partial charge in [0.25, 0.3) is 0 Å². The Morgan fingerprint density at radius 1 is 1.12 bits per heavy atom. The molecule has 2 amide bonds. The fraction of sp³-hybridized carbons (Fsp3) is 0.409. The van der Waals surface area contributed by atoms with E-state index in [2.05, 4.69) is 32.7 Å². The lowest BCUT2D eigenvalue weighted by atomic mass is 10.1. The molecule has 0 spiro atoms. The molecule has 0 saturated carbocycles. The van der Waals surface area contributed by atoms with Crippen molar-refractivity contribution in [3.05, 3.63) is 54.0 Å². The molecule has 0 unspecified atom stereocenters. The summed E-state index contributed by atoms with van der Waals surface area (Å²) in [7, 11) is 0. The zero-order valence-electron chi connectivity index (χ0n) is 18.5. The Bertz CT molecular complexity index is 1060. The number of rotatable bonds is 9. The standard InChI is InChI=1S/C22H27N7O3S/c1-2-17-6-3-4-8-19(17)23-20(30)15-27-9-11-28(12-10-27)21(31)16-33-22-24-25-26-29(22)14-18-7-5-13-32-18/h3-8,13H,2,9-12,14-16H2,1H3,(H,23,30). The van der Waals surface area contributed by atoms with Gasteiger partial charge in [0.05, 0.1) is 18.6 Å². The van der Waals surface area contributed by atoms with Gasteiger partial charge in [-0.3, -0.25) is 14.5 Å². The Morgan fingerprint density at radius 3 is 2.70 bits per heavy atom. The summed E-state index contributed by atoms with van der Waals surface area (Å²) in [5.74, 6) is 1.00. The van der Waals surface area contributed by atoms with E-state index in [1.54, 1.807) is 10.9 Å².